The third-order valence-electron chi connectivity index (χ3n) is 4.75. The Morgan fingerprint density at radius 1 is 1.40 bits per heavy atom. The minimum absolute atomic E-state index is 0.435. The van der Waals surface area contributed by atoms with Crippen molar-refractivity contribution in [3.05, 3.63) is 29.8 Å². The number of rotatable bonds is 5. The molecule has 1 saturated carbocycles. The van der Waals surface area contributed by atoms with Gasteiger partial charge in [-0.3, -0.25) is 0 Å². The quantitative estimate of drug-likeness (QED) is 0.877. The fraction of sp³-hybridized carbons (Fsp3) is 0.667. The molecule has 2 nitrogen and oxygen atoms in total. The molecular weight excluding hydrogens is 244 g/mol. The van der Waals surface area contributed by atoms with Crippen LogP contribution in [0, 0.1) is 18.3 Å². The molecule has 0 aromatic heterocycles. The molecule has 0 amide bonds. The average Bonchev–Trinajstić information content (AvgIpc) is 2.38. The first-order valence-corrected chi connectivity index (χ1v) is 7.97. The lowest BCUT2D eigenvalue weighted by molar-refractivity contribution is 0.152. The minimum atomic E-state index is 0.435. The highest BCUT2D eigenvalue weighted by Crippen LogP contribution is 2.40. The molecule has 1 aliphatic carbocycles. The molecule has 112 valence electrons. The van der Waals surface area contributed by atoms with Crippen molar-refractivity contribution in [2.45, 2.75) is 39.5 Å². The molecule has 20 heavy (non-hydrogen) atoms. The fourth-order valence-corrected chi connectivity index (χ4v) is 3.96. The van der Waals surface area contributed by atoms with Gasteiger partial charge in [0, 0.05) is 31.2 Å². The second kappa shape index (κ2) is 6.62. The van der Waals surface area contributed by atoms with Crippen molar-refractivity contribution in [3.8, 4) is 0 Å². The van der Waals surface area contributed by atoms with Crippen LogP contribution in [0.2, 0.25) is 0 Å². The first-order chi connectivity index (χ1) is 9.54. The van der Waals surface area contributed by atoms with Gasteiger partial charge in [0.2, 0.25) is 0 Å². The summed E-state index contributed by atoms with van der Waals surface area (Å²) in [6.07, 6.45) is 5.49. The molecule has 0 saturated heterocycles. The number of hydrogen-bond acceptors (Lipinski definition) is 2. The van der Waals surface area contributed by atoms with Gasteiger partial charge in [0.1, 0.15) is 0 Å². The Kier molecular flexibility index (Phi) is 5.09. The lowest BCUT2D eigenvalue weighted by atomic mass is 9.69. The maximum atomic E-state index is 3.44. The van der Waals surface area contributed by atoms with Crippen molar-refractivity contribution in [1.29, 1.82) is 0 Å². The van der Waals surface area contributed by atoms with E-state index >= 15 is 0 Å². The lowest BCUT2D eigenvalue weighted by Gasteiger charge is -2.43. The Morgan fingerprint density at radius 3 is 2.85 bits per heavy atom. The zero-order valence-corrected chi connectivity index (χ0v) is 13.6. The summed E-state index contributed by atoms with van der Waals surface area (Å²) in [4.78, 5) is 2.45. The monoisotopic (exact) mass is 274 g/mol. The van der Waals surface area contributed by atoms with Gasteiger partial charge in [-0.1, -0.05) is 31.9 Å². The Labute approximate surface area is 124 Å². The van der Waals surface area contributed by atoms with Crippen LogP contribution in [0.1, 0.15) is 38.2 Å². The number of nitrogens with one attached hydrogen (secondary N) is 1. The van der Waals surface area contributed by atoms with E-state index in [4.69, 9.17) is 0 Å². The highest BCUT2D eigenvalue weighted by Gasteiger charge is 2.35. The molecule has 1 aliphatic rings. The summed E-state index contributed by atoms with van der Waals surface area (Å²) in [5, 5.41) is 3.44. The van der Waals surface area contributed by atoms with Crippen LogP contribution in [0.3, 0.4) is 0 Å². The summed E-state index contributed by atoms with van der Waals surface area (Å²) in [5.41, 5.74) is 3.12. The van der Waals surface area contributed by atoms with Gasteiger partial charge in [-0.15, -0.1) is 0 Å². The van der Waals surface area contributed by atoms with Crippen LogP contribution in [0.5, 0.6) is 0 Å². The maximum absolute atomic E-state index is 3.44. The first-order valence-electron chi connectivity index (χ1n) is 7.97. The van der Waals surface area contributed by atoms with E-state index < -0.39 is 0 Å². The van der Waals surface area contributed by atoms with Gasteiger partial charge in [0.15, 0.2) is 0 Å². The van der Waals surface area contributed by atoms with Crippen LogP contribution in [0.25, 0.3) is 0 Å². The Balaban J connectivity index is 2.11. The smallest absolute Gasteiger partial charge is 0.0366 e. The van der Waals surface area contributed by atoms with E-state index in [-0.39, 0.29) is 0 Å². The summed E-state index contributed by atoms with van der Waals surface area (Å²) >= 11 is 0. The highest BCUT2D eigenvalue weighted by atomic mass is 15.1. The number of benzene rings is 1. The van der Waals surface area contributed by atoms with Crippen LogP contribution in [0.15, 0.2) is 24.3 Å². The van der Waals surface area contributed by atoms with Gasteiger partial charge in [-0.2, -0.15) is 0 Å². The highest BCUT2D eigenvalue weighted by molar-refractivity contribution is 5.47. The van der Waals surface area contributed by atoms with E-state index in [0.29, 0.717) is 5.41 Å². The van der Waals surface area contributed by atoms with Crippen molar-refractivity contribution >= 4 is 5.69 Å². The van der Waals surface area contributed by atoms with Crippen LogP contribution in [-0.4, -0.2) is 27.2 Å². The van der Waals surface area contributed by atoms with Gasteiger partial charge in [-0.05, 0) is 50.4 Å². The van der Waals surface area contributed by atoms with Gasteiger partial charge >= 0.3 is 0 Å². The predicted molar refractivity (Wildman–Crippen MR) is 88.4 cm³/mol. The second-order valence-electron chi connectivity index (χ2n) is 6.93. The first kappa shape index (κ1) is 15.4. The third-order valence-corrected chi connectivity index (χ3v) is 4.75. The van der Waals surface area contributed by atoms with Crippen LogP contribution < -0.4 is 10.2 Å². The molecular formula is C18H30N2. The van der Waals surface area contributed by atoms with Gasteiger partial charge in [0.05, 0.1) is 0 Å². The van der Waals surface area contributed by atoms with E-state index in [9.17, 15) is 0 Å². The van der Waals surface area contributed by atoms with Crippen molar-refractivity contribution in [1.82, 2.24) is 5.32 Å². The number of anilines is 1. The largest absolute Gasteiger partial charge is 0.374 e. The number of nitrogens with zero attached hydrogens (tertiary/aromatic N) is 1. The fourth-order valence-electron chi connectivity index (χ4n) is 3.96. The minimum Gasteiger partial charge on any atom is -0.374 e. The number of aryl methyl sites for hydroxylation is 1. The summed E-state index contributed by atoms with van der Waals surface area (Å²) < 4.78 is 0. The third kappa shape index (κ3) is 3.76. The summed E-state index contributed by atoms with van der Waals surface area (Å²) in [7, 11) is 4.33. The summed E-state index contributed by atoms with van der Waals surface area (Å²) in [6, 6.07) is 8.85. The van der Waals surface area contributed by atoms with Crippen molar-refractivity contribution in [2.24, 2.45) is 11.3 Å². The van der Waals surface area contributed by atoms with E-state index in [0.717, 1.165) is 19.0 Å². The molecule has 2 heteroatoms. The molecule has 0 bridgehead atoms. The molecule has 1 fully saturated rings. The standard InChI is InChI=1S/C18H30N2/c1-15-7-5-9-17(11-15)20(4)14-18(13-19-3)10-6-8-16(2)12-18/h5,7,9,11,16,19H,6,8,10,12-14H2,1-4H3. The number of hydrogen-bond donors (Lipinski definition) is 1. The van der Waals surface area contributed by atoms with E-state index in [2.05, 4.69) is 62.4 Å². The predicted octanol–water partition coefficient (Wildman–Crippen LogP) is 3.85. The normalized spacial score (nSPS) is 26.5. The Bertz CT molecular complexity index is 425. The molecule has 1 aromatic carbocycles. The van der Waals surface area contributed by atoms with Gasteiger partial charge in [-0.25, -0.2) is 0 Å². The molecule has 0 radical (unpaired) electrons. The van der Waals surface area contributed by atoms with Crippen LogP contribution >= 0.6 is 0 Å². The van der Waals surface area contributed by atoms with E-state index in [1.54, 1.807) is 0 Å². The Hall–Kier alpha value is -1.02. The van der Waals surface area contributed by atoms with Crippen molar-refractivity contribution in [3.63, 3.8) is 0 Å². The van der Waals surface area contributed by atoms with Crippen molar-refractivity contribution < 1.29 is 0 Å². The van der Waals surface area contributed by atoms with Gasteiger partial charge < -0.3 is 10.2 Å². The topological polar surface area (TPSA) is 15.3 Å². The molecule has 2 atom stereocenters. The van der Waals surface area contributed by atoms with Crippen molar-refractivity contribution in [2.75, 3.05) is 32.1 Å². The molecule has 2 unspecified atom stereocenters. The maximum Gasteiger partial charge on any atom is 0.0366 e. The Morgan fingerprint density at radius 2 is 2.20 bits per heavy atom. The molecule has 0 spiro atoms. The molecule has 0 heterocycles. The lowest BCUT2D eigenvalue weighted by Crippen LogP contribution is -2.45. The van der Waals surface area contributed by atoms with Crippen LogP contribution in [-0.2, 0) is 0 Å². The molecule has 0 aliphatic heterocycles. The molecule has 2 rings (SSSR count). The zero-order chi connectivity index (χ0) is 14.6. The molecule has 1 N–H and O–H groups in total. The van der Waals surface area contributed by atoms with E-state index in [1.807, 2.05) is 0 Å². The zero-order valence-electron chi connectivity index (χ0n) is 13.6. The van der Waals surface area contributed by atoms with Gasteiger partial charge in [0.25, 0.3) is 0 Å². The summed E-state index contributed by atoms with van der Waals surface area (Å²) in [5.74, 6) is 0.864. The average molecular weight is 274 g/mol. The van der Waals surface area contributed by atoms with Crippen LogP contribution in [0.4, 0.5) is 5.69 Å². The summed E-state index contributed by atoms with van der Waals surface area (Å²) in [6.45, 7) is 6.87. The van der Waals surface area contributed by atoms with E-state index in [1.165, 1.54) is 36.9 Å². The SMILES string of the molecule is CNCC1(CN(C)c2cccc(C)c2)CCCC(C)C1. The molecule has 1 aromatic rings. The second-order valence-corrected chi connectivity index (χ2v) is 6.93.